The molecule has 0 fully saturated rings. The molecule has 1 aromatic heterocycles. The van der Waals surface area contributed by atoms with Gasteiger partial charge in [0.15, 0.2) is 16.1 Å². The molecule has 4 heteroatoms. The van der Waals surface area contributed by atoms with E-state index < -0.39 is 16.1 Å². The lowest BCUT2D eigenvalue weighted by Crippen LogP contribution is -2.77. The second-order valence-corrected chi connectivity index (χ2v) is 24.3. The third kappa shape index (κ3) is 5.70. The number of nitrogens with zero attached hydrogens (tertiary/aromatic N) is 2. The van der Waals surface area contributed by atoms with Crippen LogP contribution in [0.4, 0.5) is 17.1 Å². The molecule has 0 amide bonds. The summed E-state index contributed by atoms with van der Waals surface area (Å²) in [6.07, 6.45) is 0. The van der Waals surface area contributed by atoms with E-state index in [9.17, 15) is 0 Å². The summed E-state index contributed by atoms with van der Waals surface area (Å²) in [5.41, 5.74) is 7.17. The van der Waals surface area contributed by atoms with Crippen LogP contribution in [-0.4, -0.2) is 20.7 Å². The Morgan fingerprint density at radius 2 is 0.734 bits per heavy atom. The summed E-state index contributed by atoms with van der Waals surface area (Å²) in [5.74, 6) is 0. The summed E-state index contributed by atoms with van der Waals surface area (Å²) in [4.78, 5) is 2.57. The molecular formula is C60H44N2Si2. The Kier molecular flexibility index (Phi) is 9.22. The average Bonchev–Trinajstić information content (AvgIpc) is 3.72. The van der Waals surface area contributed by atoms with Gasteiger partial charge in [-0.3, -0.25) is 0 Å². The normalized spacial score (nSPS) is 13.1. The maximum atomic E-state index is 2.57. The molecule has 0 bridgehead atoms. The minimum Gasteiger partial charge on any atom is -0.311 e. The summed E-state index contributed by atoms with van der Waals surface area (Å²) in [6.45, 7) is 0. The van der Waals surface area contributed by atoms with Crippen molar-refractivity contribution in [1.29, 1.82) is 0 Å². The van der Waals surface area contributed by atoms with Crippen molar-refractivity contribution >= 4 is 96.5 Å². The van der Waals surface area contributed by atoms with Crippen LogP contribution in [0.25, 0.3) is 27.5 Å². The molecular weight excluding hydrogens is 805 g/mol. The third-order valence-corrected chi connectivity index (χ3v) is 23.2. The van der Waals surface area contributed by atoms with E-state index in [2.05, 4.69) is 276 Å². The Morgan fingerprint density at radius 1 is 0.297 bits per heavy atom. The van der Waals surface area contributed by atoms with Crippen LogP contribution in [-0.2, 0) is 0 Å². The molecule has 1 aliphatic heterocycles. The van der Waals surface area contributed by atoms with Crippen LogP contribution in [0.15, 0.2) is 267 Å². The van der Waals surface area contributed by atoms with Crippen LogP contribution in [0.5, 0.6) is 0 Å². The number of benzene rings is 10. The van der Waals surface area contributed by atoms with Crippen LogP contribution in [0, 0.1) is 0 Å². The van der Waals surface area contributed by atoms with Gasteiger partial charge in [-0.1, -0.05) is 218 Å². The molecule has 0 aliphatic carbocycles. The molecule has 0 saturated heterocycles. The lowest BCUT2D eigenvalue weighted by atomic mass is 10.1. The Hall–Kier alpha value is -7.77. The Bertz CT molecular complexity index is 3250. The molecule has 10 aromatic carbocycles. The molecule has 2 heterocycles. The number of aromatic nitrogens is 1. The highest BCUT2D eigenvalue weighted by Gasteiger charge is 2.49. The molecule has 0 atom stereocenters. The molecule has 0 radical (unpaired) electrons. The zero-order valence-corrected chi connectivity index (χ0v) is 37.3. The van der Waals surface area contributed by atoms with Gasteiger partial charge in [0.25, 0.3) is 0 Å². The number of para-hydroxylation sites is 3. The van der Waals surface area contributed by atoms with Gasteiger partial charge in [-0.25, -0.2) is 0 Å². The fourth-order valence-electron chi connectivity index (χ4n) is 11.0. The SMILES string of the molecule is c1ccc([Si](c2ccccc2)(c2ccccc2)c2cccc(N3c4ccccc4[Si](c4ccccc4)(c4ccccc4)c4cc(-n5c6ccccc6c6ccccc65)ccc43)c2)cc1. The molecule has 12 rings (SSSR count). The molecule has 302 valence electrons. The largest absolute Gasteiger partial charge is 0.311 e. The summed E-state index contributed by atoms with van der Waals surface area (Å²) in [7, 11) is -5.81. The second-order valence-electron chi connectivity index (χ2n) is 16.8. The van der Waals surface area contributed by atoms with Crippen molar-refractivity contribution in [3.63, 3.8) is 0 Å². The molecule has 64 heavy (non-hydrogen) atoms. The molecule has 0 spiro atoms. The van der Waals surface area contributed by atoms with Crippen molar-refractivity contribution in [1.82, 2.24) is 4.57 Å². The smallest absolute Gasteiger partial charge is 0.184 e. The van der Waals surface area contributed by atoms with E-state index in [1.165, 1.54) is 74.7 Å². The lowest BCUT2D eigenvalue weighted by Gasteiger charge is -2.45. The lowest BCUT2D eigenvalue weighted by molar-refractivity contribution is 1.18. The van der Waals surface area contributed by atoms with E-state index in [0.717, 1.165) is 11.4 Å². The summed E-state index contributed by atoms with van der Waals surface area (Å²) in [5, 5.41) is 13.4. The highest BCUT2D eigenvalue weighted by Crippen LogP contribution is 2.40. The molecule has 0 N–H and O–H groups in total. The Labute approximate surface area is 376 Å². The van der Waals surface area contributed by atoms with Gasteiger partial charge in [0.1, 0.15) is 0 Å². The molecule has 1 aliphatic rings. The first-order chi connectivity index (χ1) is 31.8. The van der Waals surface area contributed by atoms with Crippen molar-refractivity contribution in [3.05, 3.63) is 267 Å². The molecule has 0 saturated carbocycles. The van der Waals surface area contributed by atoms with E-state index in [0.29, 0.717) is 0 Å². The predicted octanol–water partition coefficient (Wildman–Crippen LogP) is 9.32. The van der Waals surface area contributed by atoms with Gasteiger partial charge in [-0.15, -0.1) is 0 Å². The van der Waals surface area contributed by atoms with E-state index in [1.807, 2.05) is 0 Å². The zero-order valence-electron chi connectivity index (χ0n) is 35.3. The zero-order chi connectivity index (χ0) is 42.5. The number of fused-ring (bicyclic) bond motifs is 5. The van der Waals surface area contributed by atoms with Gasteiger partial charge in [0, 0.05) is 33.5 Å². The van der Waals surface area contributed by atoms with Crippen LogP contribution >= 0.6 is 0 Å². The third-order valence-electron chi connectivity index (χ3n) is 13.6. The first-order valence-corrected chi connectivity index (χ1v) is 26.2. The van der Waals surface area contributed by atoms with Crippen LogP contribution < -0.4 is 46.4 Å². The standard InChI is InChI=1S/C60H44N2Si2/c1-6-24-47(25-7-1)63(48-26-8-2-9-27-48,49-28-10-3-11-29-49)52-34-22-23-45(43-52)62-57-39-20-21-40-59(57)64(50-30-12-4-13-31-50,51-32-14-5-15-33-51)60-44-46(41-42-58(60)62)61-55-37-18-16-35-53(55)54-36-17-19-38-56(54)61/h1-44H. The van der Waals surface area contributed by atoms with Gasteiger partial charge in [0.05, 0.1) is 11.0 Å². The van der Waals surface area contributed by atoms with Gasteiger partial charge in [-0.2, -0.15) is 0 Å². The van der Waals surface area contributed by atoms with E-state index in [1.54, 1.807) is 0 Å². The quantitative estimate of drug-likeness (QED) is 0.109. The summed E-state index contributed by atoms with van der Waals surface area (Å²) < 4.78 is 2.48. The minimum atomic E-state index is -2.98. The van der Waals surface area contributed by atoms with Crippen molar-refractivity contribution in [2.24, 2.45) is 0 Å². The molecule has 0 unspecified atom stereocenters. The number of rotatable bonds is 8. The van der Waals surface area contributed by atoms with Crippen molar-refractivity contribution < 1.29 is 0 Å². The van der Waals surface area contributed by atoms with Gasteiger partial charge in [-0.05, 0) is 90.0 Å². The van der Waals surface area contributed by atoms with Gasteiger partial charge in [0.2, 0.25) is 0 Å². The summed E-state index contributed by atoms with van der Waals surface area (Å²) >= 11 is 0. The van der Waals surface area contributed by atoms with Crippen molar-refractivity contribution in [3.8, 4) is 5.69 Å². The minimum absolute atomic E-state index is 1.15. The van der Waals surface area contributed by atoms with Crippen LogP contribution in [0.2, 0.25) is 0 Å². The fraction of sp³-hybridized carbons (Fsp3) is 0. The van der Waals surface area contributed by atoms with E-state index in [-0.39, 0.29) is 0 Å². The second kappa shape index (κ2) is 15.5. The first kappa shape index (κ1) is 38.0. The average molecular weight is 849 g/mol. The maximum Gasteiger partial charge on any atom is 0.184 e. The summed E-state index contributed by atoms with van der Waals surface area (Å²) in [6, 6.07) is 100. The van der Waals surface area contributed by atoms with Crippen molar-refractivity contribution in [2.75, 3.05) is 4.90 Å². The van der Waals surface area contributed by atoms with Crippen molar-refractivity contribution in [2.45, 2.75) is 0 Å². The Balaban J connectivity index is 1.18. The van der Waals surface area contributed by atoms with Crippen LogP contribution in [0.3, 0.4) is 0 Å². The van der Waals surface area contributed by atoms with Gasteiger partial charge >= 0.3 is 0 Å². The Morgan fingerprint density at radius 3 is 1.28 bits per heavy atom. The molecule has 2 nitrogen and oxygen atoms in total. The maximum absolute atomic E-state index is 2.98. The van der Waals surface area contributed by atoms with E-state index in [4.69, 9.17) is 0 Å². The van der Waals surface area contributed by atoms with E-state index >= 15 is 0 Å². The fourth-order valence-corrected chi connectivity index (χ4v) is 20.9. The van der Waals surface area contributed by atoms with Gasteiger partial charge < -0.3 is 9.47 Å². The highest BCUT2D eigenvalue weighted by atomic mass is 28.3. The topological polar surface area (TPSA) is 8.17 Å². The number of anilines is 3. The number of hydrogen-bond acceptors (Lipinski definition) is 1. The number of hydrogen-bond donors (Lipinski definition) is 0. The predicted molar refractivity (Wildman–Crippen MR) is 276 cm³/mol. The van der Waals surface area contributed by atoms with Crippen LogP contribution in [0.1, 0.15) is 0 Å². The first-order valence-electron chi connectivity index (χ1n) is 22.2. The monoisotopic (exact) mass is 848 g/mol. The highest BCUT2D eigenvalue weighted by molar-refractivity contribution is 7.21. The molecule has 11 aromatic rings.